The first-order valence-electron chi connectivity index (χ1n) is 7.19. The second kappa shape index (κ2) is 7.68. The van der Waals surface area contributed by atoms with Crippen molar-refractivity contribution in [1.82, 2.24) is 0 Å². The Morgan fingerprint density at radius 1 is 0.885 bits per heavy atom. The van der Waals surface area contributed by atoms with Crippen molar-refractivity contribution in [1.29, 1.82) is 0 Å². The van der Waals surface area contributed by atoms with E-state index in [-0.39, 0.29) is 11.3 Å². The van der Waals surface area contributed by atoms with E-state index in [1.807, 2.05) is 5.32 Å². The molecule has 0 aliphatic heterocycles. The van der Waals surface area contributed by atoms with Crippen LogP contribution >= 0.6 is 0 Å². The van der Waals surface area contributed by atoms with Gasteiger partial charge >= 0.3 is 24.0 Å². The Hall–Kier alpha value is -3.36. The molecule has 0 saturated heterocycles. The maximum absolute atomic E-state index is 12.9. The number of nitrogens with one attached hydrogen (secondary N) is 2. The first-order chi connectivity index (χ1) is 12.2. The SMILES string of the molecule is COC(=O)c1ccc(NC(=O)C(=O)Nc2ccccc2C(F)(F)F)cc1. The van der Waals surface area contributed by atoms with Gasteiger partial charge in [0.25, 0.3) is 0 Å². The first kappa shape index (κ1) is 19.0. The standard InChI is InChI=1S/C17H13F3N2O4/c1-26-16(25)10-6-8-11(9-7-10)21-14(23)15(24)22-13-5-3-2-4-12(13)17(18,19)20/h2-9H,1H3,(H,21,23)(H,22,24). The fraction of sp³-hybridized carbons (Fsp3) is 0.118. The number of amides is 2. The molecule has 0 aliphatic carbocycles. The fourth-order valence-corrected chi connectivity index (χ4v) is 2.01. The number of para-hydroxylation sites is 1. The summed E-state index contributed by atoms with van der Waals surface area (Å²) < 4.78 is 43.2. The van der Waals surface area contributed by atoms with E-state index in [1.54, 1.807) is 0 Å². The number of carbonyl (C=O) groups is 3. The maximum Gasteiger partial charge on any atom is 0.418 e. The summed E-state index contributed by atoms with van der Waals surface area (Å²) in [4.78, 5) is 35.0. The van der Waals surface area contributed by atoms with Gasteiger partial charge in [-0.25, -0.2) is 4.79 Å². The van der Waals surface area contributed by atoms with E-state index in [0.29, 0.717) is 0 Å². The Morgan fingerprint density at radius 2 is 1.46 bits per heavy atom. The molecule has 2 aromatic rings. The van der Waals surface area contributed by atoms with E-state index >= 15 is 0 Å². The Bertz CT molecular complexity index is 833. The van der Waals surface area contributed by atoms with E-state index in [9.17, 15) is 27.6 Å². The molecular weight excluding hydrogens is 353 g/mol. The Labute approximate surface area is 146 Å². The van der Waals surface area contributed by atoms with Crippen molar-refractivity contribution in [3.05, 3.63) is 59.7 Å². The second-order valence-electron chi connectivity index (χ2n) is 5.02. The lowest BCUT2D eigenvalue weighted by Gasteiger charge is -2.13. The summed E-state index contributed by atoms with van der Waals surface area (Å²) in [6, 6.07) is 9.71. The Morgan fingerprint density at radius 3 is 2.04 bits per heavy atom. The van der Waals surface area contributed by atoms with Crippen molar-refractivity contribution in [2.24, 2.45) is 0 Å². The minimum Gasteiger partial charge on any atom is -0.465 e. The molecule has 9 heteroatoms. The third kappa shape index (κ3) is 4.59. The van der Waals surface area contributed by atoms with Gasteiger partial charge in [0.2, 0.25) is 0 Å². The van der Waals surface area contributed by atoms with Crippen LogP contribution in [0.3, 0.4) is 0 Å². The van der Waals surface area contributed by atoms with Crippen LogP contribution in [0.4, 0.5) is 24.5 Å². The molecule has 2 N–H and O–H groups in total. The van der Waals surface area contributed by atoms with Crippen LogP contribution in [-0.2, 0) is 20.5 Å². The number of hydrogen-bond acceptors (Lipinski definition) is 4. The number of carbonyl (C=O) groups excluding carboxylic acids is 3. The van der Waals surface area contributed by atoms with Crippen LogP contribution in [0.5, 0.6) is 0 Å². The van der Waals surface area contributed by atoms with E-state index in [2.05, 4.69) is 10.1 Å². The summed E-state index contributed by atoms with van der Waals surface area (Å²) in [6.07, 6.45) is -4.68. The highest BCUT2D eigenvalue weighted by atomic mass is 19.4. The quantitative estimate of drug-likeness (QED) is 0.646. The third-order valence-corrected chi connectivity index (χ3v) is 3.25. The summed E-state index contributed by atoms with van der Waals surface area (Å²) in [5.41, 5.74) is -1.18. The smallest absolute Gasteiger partial charge is 0.418 e. The van der Waals surface area contributed by atoms with Crippen molar-refractivity contribution in [3.63, 3.8) is 0 Å². The third-order valence-electron chi connectivity index (χ3n) is 3.25. The minimum atomic E-state index is -4.68. The van der Waals surface area contributed by atoms with E-state index in [1.165, 1.54) is 43.5 Å². The molecule has 0 unspecified atom stereocenters. The van der Waals surface area contributed by atoms with E-state index in [4.69, 9.17) is 0 Å². The van der Waals surface area contributed by atoms with Gasteiger partial charge in [0.05, 0.1) is 23.9 Å². The normalized spacial score (nSPS) is 10.8. The van der Waals surface area contributed by atoms with Crippen LogP contribution in [0.15, 0.2) is 48.5 Å². The van der Waals surface area contributed by atoms with Crippen LogP contribution in [0, 0.1) is 0 Å². The van der Waals surface area contributed by atoms with E-state index < -0.39 is 35.2 Å². The average Bonchev–Trinajstić information content (AvgIpc) is 2.61. The number of ether oxygens (including phenoxy) is 1. The summed E-state index contributed by atoms with van der Waals surface area (Å²) in [5, 5.41) is 4.15. The molecule has 0 aromatic heterocycles. The summed E-state index contributed by atoms with van der Waals surface area (Å²) >= 11 is 0. The zero-order valence-corrected chi connectivity index (χ0v) is 13.4. The van der Waals surface area contributed by atoms with Crippen molar-refractivity contribution in [3.8, 4) is 0 Å². The zero-order valence-electron chi connectivity index (χ0n) is 13.4. The number of alkyl halides is 3. The zero-order chi connectivity index (χ0) is 19.3. The average molecular weight is 366 g/mol. The minimum absolute atomic E-state index is 0.182. The molecule has 0 fully saturated rings. The van der Waals surface area contributed by atoms with Crippen molar-refractivity contribution in [2.45, 2.75) is 6.18 Å². The number of methoxy groups -OCH3 is 1. The summed E-state index contributed by atoms with van der Waals surface area (Å²) in [6.45, 7) is 0. The van der Waals surface area contributed by atoms with Gasteiger partial charge in [-0.2, -0.15) is 13.2 Å². The van der Waals surface area contributed by atoms with Gasteiger partial charge in [0, 0.05) is 5.69 Å². The number of benzene rings is 2. The Kier molecular flexibility index (Phi) is 5.61. The highest BCUT2D eigenvalue weighted by molar-refractivity contribution is 6.43. The van der Waals surface area contributed by atoms with Crippen molar-refractivity contribution < 1.29 is 32.3 Å². The van der Waals surface area contributed by atoms with Crippen LogP contribution < -0.4 is 10.6 Å². The number of rotatable bonds is 3. The van der Waals surface area contributed by atoms with Gasteiger partial charge in [-0.3, -0.25) is 9.59 Å². The number of hydrogen-bond donors (Lipinski definition) is 2. The van der Waals surface area contributed by atoms with Crippen LogP contribution in [0.1, 0.15) is 15.9 Å². The molecule has 0 heterocycles. The summed E-state index contributed by atoms with van der Waals surface area (Å²) in [5.74, 6) is -3.00. The lowest BCUT2D eigenvalue weighted by molar-refractivity contribution is -0.137. The molecule has 0 radical (unpaired) electrons. The first-order valence-corrected chi connectivity index (χ1v) is 7.19. The lowest BCUT2D eigenvalue weighted by Crippen LogP contribution is -2.30. The number of anilines is 2. The maximum atomic E-state index is 12.9. The molecule has 0 spiro atoms. The van der Waals surface area contributed by atoms with Gasteiger partial charge in [0.1, 0.15) is 0 Å². The van der Waals surface area contributed by atoms with Crippen LogP contribution in [0.25, 0.3) is 0 Å². The van der Waals surface area contributed by atoms with Crippen molar-refractivity contribution >= 4 is 29.2 Å². The van der Waals surface area contributed by atoms with E-state index in [0.717, 1.165) is 12.1 Å². The highest BCUT2D eigenvalue weighted by Gasteiger charge is 2.34. The molecular formula is C17H13F3N2O4. The molecule has 0 aliphatic rings. The molecule has 0 atom stereocenters. The molecule has 0 bridgehead atoms. The topological polar surface area (TPSA) is 84.5 Å². The highest BCUT2D eigenvalue weighted by Crippen LogP contribution is 2.34. The van der Waals surface area contributed by atoms with Gasteiger partial charge < -0.3 is 15.4 Å². The van der Waals surface area contributed by atoms with Gasteiger partial charge in [-0.05, 0) is 36.4 Å². The molecule has 6 nitrogen and oxygen atoms in total. The lowest BCUT2D eigenvalue weighted by atomic mass is 10.1. The van der Waals surface area contributed by atoms with Crippen LogP contribution in [0.2, 0.25) is 0 Å². The molecule has 2 amide bonds. The molecule has 136 valence electrons. The summed E-state index contributed by atoms with van der Waals surface area (Å²) in [7, 11) is 1.21. The molecule has 0 saturated carbocycles. The largest absolute Gasteiger partial charge is 0.465 e. The van der Waals surface area contributed by atoms with Crippen LogP contribution in [-0.4, -0.2) is 24.9 Å². The van der Waals surface area contributed by atoms with Gasteiger partial charge in [0.15, 0.2) is 0 Å². The number of halogens is 3. The van der Waals surface area contributed by atoms with Gasteiger partial charge in [-0.15, -0.1) is 0 Å². The van der Waals surface area contributed by atoms with Crippen molar-refractivity contribution in [2.75, 3.05) is 17.7 Å². The second-order valence-corrected chi connectivity index (χ2v) is 5.02. The predicted molar refractivity (Wildman–Crippen MR) is 86.5 cm³/mol. The molecule has 2 aromatic carbocycles. The molecule has 2 rings (SSSR count). The monoisotopic (exact) mass is 366 g/mol. The predicted octanol–water partition coefficient (Wildman–Crippen LogP) is 3.07. The Balaban J connectivity index is 2.07. The van der Waals surface area contributed by atoms with Gasteiger partial charge in [-0.1, -0.05) is 12.1 Å². The fourth-order valence-electron chi connectivity index (χ4n) is 2.01. The molecule has 26 heavy (non-hydrogen) atoms. The number of esters is 1.